The van der Waals surface area contributed by atoms with Crippen LogP contribution in [-0.2, 0) is 6.54 Å². The molecule has 1 aromatic carbocycles. The summed E-state index contributed by atoms with van der Waals surface area (Å²) in [4.78, 5) is 6.59. The molecule has 0 unspecified atom stereocenters. The highest BCUT2D eigenvalue weighted by Crippen LogP contribution is 2.26. The summed E-state index contributed by atoms with van der Waals surface area (Å²) >= 11 is 0. The molecule has 1 fully saturated rings. The molecule has 3 heterocycles. The zero-order valence-corrected chi connectivity index (χ0v) is 15.0. The van der Waals surface area contributed by atoms with Crippen molar-refractivity contribution in [1.82, 2.24) is 9.38 Å². The van der Waals surface area contributed by atoms with Gasteiger partial charge in [0.2, 0.25) is 0 Å². The molecule has 0 bridgehead atoms. The molecule has 0 radical (unpaired) electrons. The van der Waals surface area contributed by atoms with Gasteiger partial charge in [-0.15, -0.1) is 0 Å². The lowest BCUT2D eigenvalue weighted by atomic mass is 10.1. The van der Waals surface area contributed by atoms with E-state index in [1.165, 1.54) is 37.4 Å². The predicted octanol–water partition coefficient (Wildman–Crippen LogP) is 0.280. The van der Waals surface area contributed by atoms with Crippen LogP contribution in [0.4, 0.5) is 0 Å². The molecule has 25 heavy (non-hydrogen) atoms. The third-order valence-corrected chi connectivity index (χ3v) is 5.05. The highest BCUT2D eigenvalue weighted by Gasteiger charge is 2.22. The van der Waals surface area contributed by atoms with Crippen LogP contribution in [0.5, 0.6) is 5.75 Å². The van der Waals surface area contributed by atoms with Gasteiger partial charge < -0.3 is 15.0 Å². The van der Waals surface area contributed by atoms with Gasteiger partial charge in [-0.05, 0) is 42.8 Å². The van der Waals surface area contributed by atoms with Crippen LogP contribution in [0.1, 0.15) is 11.3 Å². The van der Waals surface area contributed by atoms with E-state index < -0.39 is 0 Å². The van der Waals surface area contributed by atoms with Crippen molar-refractivity contribution in [2.45, 2.75) is 13.5 Å². The number of nitrogens with two attached hydrogens (primary N) is 1. The molecule has 2 aromatic heterocycles. The Morgan fingerprint density at radius 1 is 1.12 bits per heavy atom. The summed E-state index contributed by atoms with van der Waals surface area (Å²) in [5, 5.41) is 2.41. The molecule has 1 saturated heterocycles. The summed E-state index contributed by atoms with van der Waals surface area (Å²) in [6, 6.07) is 12.5. The fourth-order valence-corrected chi connectivity index (χ4v) is 3.64. The number of aromatic nitrogens is 2. The van der Waals surface area contributed by atoms with E-state index >= 15 is 0 Å². The summed E-state index contributed by atoms with van der Waals surface area (Å²) in [6.07, 6.45) is 2.21. The molecule has 0 amide bonds. The maximum atomic E-state index is 5.30. The van der Waals surface area contributed by atoms with Crippen molar-refractivity contribution < 1.29 is 15.0 Å². The largest absolute Gasteiger partial charge is 0.497 e. The predicted molar refractivity (Wildman–Crippen MR) is 98.0 cm³/mol. The van der Waals surface area contributed by atoms with Crippen LogP contribution in [0.3, 0.4) is 0 Å². The minimum absolute atomic E-state index is 0.877. The molecule has 0 spiro atoms. The van der Waals surface area contributed by atoms with E-state index in [9.17, 15) is 0 Å². The molecule has 1 aliphatic rings. The second-order valence-corrected chi connectivity index (χ2v) is 6.86. The maximum Gasteiger partial charge on any atom is 0.137 e. The minimum Gasteiger partial charge on any atom is -0.497 e. The Kier molecular flexibility index (Phi) is 4.42. The molecule has 5 nitrogen and oxygen atoms in total. The fraction of sp³-hybridized carbons (Fsp3) is 0.350. The van der Waals surface area contributed by atoms with E-state index in [1.807, 2.05) is 12.1 Å². The Bertz CT molecular complexity index is 863. The van der Waals surface area contributed by atoms with Crippen molar-refractivity contribution in [3.05, 3.63) is 53.9 Å². The number of imidazole rings is 1. The van der Waals surface area contributed by atoms with Crippen LogP contribution in [-0.4, -0.2) is 42.7 Å². The average Bonchev–Trinajstić information content (AvgIpc) is 3.00. The van der Waals surface area contributed by atoms with Gasteiger partial charge in [0.25, 0.3) is 0 Å². The van der Waals surface area contributed by atoms with E-state index in [2.05, 4.69) is 47.1 Å². The van der Waals surface area contributed by atoms with Gasteiger partial charge in [0.05, 0.1) is 12.8 Å². The van der Waals surface area contributed by atoms with Crippen LogP contribution >= 0.6 is 0 Å². The van der Waals surface area contributed by atoms with Crippen LogP contribution < -0.4 is 15.0 Å². The first kappa shape index (κ1) is 16.1. The third-order valence-electron chi connectivity index (χ3n) is 5.05. The molecular formula is C20H26N4O+2. The Balaban J connectivity index is 1.79. The molecule has 5 heteroatoms. The third kappa shape index (κ3) is 3.25. The number of fused-ring (bicyclic) bond motifs is 1. The standard InChI is InChI=1S/C20H24N4O/c1-15-3-8-19-22-20(16-4-6-17(25-2)7-5-16)18(24(19)13-15)14-23-11-9-21-10-12-23/h3-8,13,21H,9-12,14H2,1-2H3/p+2. The number of methoxy groups -OCH3 is 1. The van der Waals surface area contributed by atoms with Crippen molar-refractivity contribution in [3.8, 4) is 17.0 Å². The molecule has 3 N–H and O–H groups in total. The second-order valence-electron chi connectivity index (χ2n) is 6.86. The van der Waals surface area contributed by atoms with Crippen molar-refractivity contribution >= 4 is 5.65 Å². The molecule has 130 valence electrons. The van der Waals surface area contributed by atoms with Crippen LogP contribution in [0.2, 0.25) is 0 Å². The summed E-state index contributed by atoms with van der Waals surface area (Å²) < 4.78 is 7.58. The van der Waals surface area contributed by atoms with E-state index in [0.29, 0.717) is 0 Å². The lowest BCUT2D eigenvalue weighted by Gasteiger charge is -2.22. The van der Waals surface area contributed by atoms with E-state index in [4.69, 9.17) is 9.72 Å². The number of hydrogen-bond acceptors (Lipinski definition) is 2. The Hall–Kier alpha value is -2.37. The molecular weight excluding hydrogens is 312 g/mol. The second kappa shape index (κ2) is 6.86. The topological polar surface area (TPSA) is 47.6 Å². The minimum atomic E-state index is 0.877. The van der Waals surface area contributed by atoms with E-state index in [0.717, 1.165) is 29.2 Å². The number of nitrogens with zero attached hydrogens (tertiary/aromatic N) is 2. The average molecular weight is 338 g/mol. The summed E-state index contributed by atoms with van der Waals surface area (Å²) in [6.45, 7) is 7.99. The van der Waals surface area contributed by atoms with Gasteiger partial charge >= 0.3 is 0 Å². The first-order chi connectivity index (χ1) is 12.2. The molecule has 0 atom stereocenters. The quantitative estimate of drug-likeness (QED) is 0.718. The number of quaternary nitrogens is 2. The summed E-state index contributed by atoms with van der Waals surface area (Å²) in [7, 11) is 1.70. The monoisotopic (exact) mass is 338 g/mol. The smallest absolute Gasteiger partial charge is 0.137 e. The molecule has 0 aliphatic carbocycles. The SMILES string of the molecule is COc1ccc(-c2nc3ccc(C)cn3c2C[NH+]2CC[NH2+]CC2)cc1. The lowest BCUT2D eigenvalue weighted by molar-refractivity contribution is -0.958. The van der Waals surface area contributed by atoms with Crippen LogP contribution in [0.25, 0.3) is 16.9 Å². The Morgan fingerprint density at radius 2 is 1.88 bits per heavy atom. The molecule has 1 aliphatic heterocycles. The van der Waals surface area contributed by atoms with Crippen molar-refractivity contribution in [2.24, 2.45) is 0 Å². The number of rotatable bonds is 4. The number of nitrogens with one attached hydrogen (secondary N) is 1. The van der Waals surface area contributed by atoms with Crippen molar-refractivity contribution in [2.75, 3.05) is 33.3 Å². The molecule has 0 saturated carbocycles. The van der Waals surface area contributed by atoms with E-state index in [-0.39, 0.29) is 0 Å². The van der Waals surface area contributed by atoms with Gasteiger partial charge in [0, 0.05) is 11.8 Å². The summed E-state index contributed by atoms with van der Waals surface area (Å²) in [5.74, 6) is 0.877. The number of hydrogen-bond donors (Lipinski definition) is 2. The number of piperazine rings is 1. The normalized spacial score (nSPS) is 15.6. The lowest BCUT2D eigenvalue weighted by Crippen LogP contribution is -3.19. The number of ether oxygens (including phenoxy) is 1. The van der Waals surface area contributed by atoms with E-state index in [1.54, 1.807) is 12.0 Å². The van der Waals surface area contributed by atoms with Crippen LogP contribution in [0.15, 0.2) is 42.6 Å². The first-order valence-corrected chi connectivity index (χ1v) is 9.02. The van der Waals surface area contributed by atoms with Crippen LogP contribution in [0, 0.1) is 6.92 Å². The van der Waals surface area contributed by atoms with Gasteiger partial charge in [-0.2, -0.15) is 0 Å². The zero-order chi connectivity index (χ0) is 17.2. The number of aryl methyl sites for hydroxylation is 1. The van der Waals surface area contributed by atoms with Crippen molar-refractivity contribution in [3.63, 3.8) is 0 Å². The number of pyridine rings is 1. The highest BCUT2D eigenvalue weighted by atomic mass is 16.5. The van der Waals surface area contributed by atoms with Gasteiger partial charge in [0.1, 0.15) is 49.8 Å². The van der Waals surface area contributed by atoms with Gasteiger partial charge in [0.15, 0.2) is 0 Å². The number of benzene rings is 1. The summed E-state index contributed by atoms with van der Waals surface area (Å²) in [5.41, 5.74) is 5.83. The highest BCUT2D eigenvalue weighted by molar-refractivity contribution is 5.67. The molecule has 3 aromatic rings. The Labute approximate surface area is 148 Å². The zero-order valence-electron chi connectivity index (χ0n) is 15.0. The first-order valence-electron chi connectivity index (χ1n) is 9.02. The fourth-order valence-electron chi connectivity index (χ4n) is 3.64. The maximum absolute atomic E-state index is 5.30. The van der Waals surface area contributed by atoms with Gasteiger partial charge in [-0.25, -0.2) is 4.98 Å². The van der Waals surface area contributed by atoms with Crippen molar-refractivity contribution in [1.29, 1.82) is 0 Å². The molecule has 4 rings (SSSR count). The van der Waals surface area contributed by atoms with Gasteiger partial charge in [-0.3, -0.25) is 4.40 Å². The Morgan fingerprint density at radius 3 is 2.60 bits per heavy atom. The van der Waals surface area contributed by atoms with Gasteiger partial charge in [-0.1, -0.05) is 6.07 Å².